The molecule has 12 heavy (non-hydrogen) atoms. The van der Waals surface area contributed by atoms with Crippen LogP contribution in [-0.4, -0.2) is 26.1 Å². The van der Waals surface area contributed by atoms with Gasteiger partial charge in [0.1, 0.15) is 11.0 Å². The van der Waals surface area contributed by atoms with E-state index >= 15 is 0 Å². The van der Waals surface area contributed by atoms with Gasteiger partial charge in [0.25, 0.3) is 5.91 Å². The van der Waals surface area contributed by atoms with E-state index in [9.17, 15) is 4.79 Å². The summed E-state index contributed by atoms with van der Waals surface area (Å²) >= 11 is 0. The van der Waals surface area contributed by atoms with Crippen molar-refractivity contribution >= 4 is 16.9 Å². The summed E-state index contributed by atoms with van der Waals surface area (Å²) in [6.45, 7) is 0. The van der Waals surface area contributed by atoms with Crippen molar-refractivity contribution in [1.82, 2.24) is 20.2 Å². The van der Waals surface area contributed by atoms with Gasteiger partial charge in [0.05, 0.1) is 12.4 Å². The molecule has 3 N–H and O–H groups in total. The molecule has 0 radical (unpaired) electrons. The van der Waals surface area contributed by atoms with Crippen molar-refractivity contribution < 1.29 is 4.79 Å². The van der Waals surface area contributed by atoms with Gasteiger partial charge in [-0.05, 0) is 0 Å². The maximum Gasteiger partial charge on any atom is 0.286 e. The number of carbonyl (C=O) groups is 1. The van der Waals surface area contributed by atoms with Crippen molar-refractivity contribution in [3.63, 3.8) is 0 Å². The smallest absolute Gasteiger partial charge is 0.286 e. The first-order chi connectivity index (χ1) is 5.77. The van der Waals surface area contributed by atoms with E-state index < -0.39 is 5.91 Å². The highest BCUT2D eigenvalue weighted by Crippen LogP contribution is 2.04. The Morgan fingerprint density at radius 1 is 1.50 bits per heavy atom. The number of rotatable bonds is 1. The summed E-state index contributed by atoms with van der Waals surface area (Å²) in [6, 6.07) is 0. The summed E-state index contributed by atoms with van der Waals surface area (Å²) in [4.78, 5) is 18.2. The highest BCUT2D eigenvalue weighted by atomic mass is 16.1. The van der Waals surface area contributed by atoms with Crippen LogP contribution in [0.4, 0.5) is 0 Å². The molecule has 6 nitrogen and oxygen atoms in total. The molecule has 0 bridgehead atoms. The minimum Gasteiger partial charge on any atom is -0.363 e. The maximum atomic E-state index is 10.6. The van der Waals surface area contributed by atoms with Gasteiger partial charge in [-0.15, -0.1) is 0 Å². The molecule has 2 heterocycles. The van der Waals surface area contributed by atoms with Crippen LogP contribution in [0.25, 0.3) is 11.0 Å². The number of nitrogens with two attached hydrogens (primary N) is 1. The molecule has 0 saturated heterocycles. The van der Waals surface area contributed by atoms with Gasteiger partial charge in [0, 0.05) is 0 Å². The van der Waals surface area contributed by atoms with E-state index in [0.29, 0.717) is 11.0 Å². The molecule has 0 aromatic carbocycles. The fourth-order valence-corrected chi connectivity index (χ4v) is 0.861. The number of amides is 1. The number of hydrogen-bond donors (Lipinski definition) is 2. The third-order valence-corrected chi connectivity index (χ3v) is 1.41. The second kappa shape index (κ2) is 2.26. The molecule has 0 atom stereocenters. The van der Waals surface area contributed by atoms with Crippen molar-refractivity contribution in [2.24, 2.45) is 5.73 Å². The Hall–Kier alpha value is -1.98. The van der Waals surface area contributed by atoms with Gasteiger partial charge in [-0.2, -0.15) is 5.10 Å². The fourth-order valence-electron chi connectivity index (χ4n) is 0.861. The third-order valence-electron chi connectivity index (χ3n) is 1.41. The molecule has 2 rings (SSSR count). The summed E-state index contributed by atoms with van der Waals surface area (Å²) in [5.74, 6) is -0.637. The number of fused-ring (bicyclic) bond motifs is 1. The molecule has 0 aliphatic heterocycles. The van der Waals surface area contributed by atoms with Crippen LogP contribution in [0.15, 0.2) is 12.4 Å². The summed E-state index contributed by atoms with van der Waals surface area (Å²) in [6.07, 6.45) is 2.97. The lowest BCUT2D eigenvalue weighted by Gasteiger charge is -1.91. The van der Waals surface area contributed by atoms with Crippen LogP contribution in [0.5, 0.6) is 0 Å². The van der Waals surface area contributed by atoms with Gasteiger partial charge >= 0.3 is 0 Å². The van der Waals surface area contributed by atoms with Gasteiger partial charge in [-0.3, -0.25) is 9.89 Å². The van der Waals surface area contributed by atoms with Crippen LogP contribution >= 0.6 is 0 Å². The van der Waals surface area contributed by atoms with Crippen LogP contribution in [0.1, 0.15) is 10.6 Å². The molecule has 2 aromatic rings. The average molecular weight is 163 g/mol. The first-order valence-electron chi connectivity index (χ1n) is 3.23. The molecule has 0 fully saturated rings. The van der Waals surface area contributed by atoms with Gasteiger partial charge in [-0.1, -0.05) is 0 Å². The molecular weight excluding hydrogens is 158 g/mol. The zero-order valence-corrected chi connectivity index (χ0v) is 5.98. The van der Waals surface area contributed by atoms with Crippen molar-refractivity contribution in [2.45, 2.75) is 0 Å². The summed E-state index contributed by atoms with van der Waals surface area (Å²) in [5, 5.41) is 6.38. The Balaban J connectivity index is 2.68. The van der Waals surface area contributed by atoms with Crippen LogP contribution in [0, 0.1) is 0 Å². The lowest BCUT2D eigenvalue weighted by atomic mass is 10.4. The molecule has 60 valence electrons. The van der Waals surface area contributed by atoms with Gasteiger partial charge in [-0.25, -0.2) is 9.97 Å². The second-order valence-corrected chi connectivity index (χ2v) is 2.23. The number of aromatic nitrogens is 4. The third kappa shape index (κ3) is 0.895. The van der Waals surface area contributed by atoms with Gasteiger partial charge in [0.15, 0.2) is 0 Å². The van der Waals surface area contributed by atoms with E-state index in [-0.39, 0.29) is 5.82 Å². The average Bonchev–Trinajstić information content (AvgIpc) is 2.49. The fraction of sp³-hybridized carbons (Fsp3) is 0. The predicted octanol–water partition coefficient (Wildman–Crippen LogP) is -0.548. The van der Waals surface area contributed by atoms with Crippen molar-refractivity contribution in [2.75, 3.05) is 0 Å². The Morgan fingerprint density at radius 3 is 3.08 bits per heavy atom. The number of carbonyl (C=O) groups excluding carboxylic acids is 1. The Kier molecular flexibility index (Phi) is 1.26. The molecule has 0 aliphatic carbocycles. The van der Waals surface area contributed by atoms with E-state index in [4.69, 9.17) is 5.73 Å². The lowest BCUT2D eigenvalue weighted by molar-refractivity contribution is 0.0991. The largest absolute Gasteiger partial charge is 0.363 e. The Morgan fingerprint density at radius 2 is 2.33 bits per heavy atom. The zero-order chi connectivity index (χ0) is 8.55. The normalized spacial score (nSPS) is 10.3. The molecule has 6 heteroatoms. The molecule has 2 aromatic heterocycles. The first kappa shape index (κ1) is 6.71. The molecule has 0 unspecified atom stereocenters. The molecule has 0 aliphatic rings. The molecular formula is C6H5N5O. The minimum absolute atomic E-state index is 0.00361. The maximum absolute atomic E-state index is 10.6. The van der Waals surface area contributed by atoms with Crippen molar-refractivity contribution in [3.05, 3.63) is 18.2 Å². The van der Waals surface area contributed by atoms with Crippen LogP contribution < -0.4 is 5.73 Å². The number of H-pyrrole nitrogens is 1. The monoisotopic (exact) mass is 163 g/mol. The zero-order valence-electron chi connectivity index (χ0n) is 5.98. The summed E-state index contributed by atoms with van der Waals surface area (Å²) < 4.78 is 0. The minimum atomic E-state index is -0.641. The van der Waals surface area contributed by atoms with Gasteiger partial charge < -0.3 is 5.73 Å². The Bertz CT molecular complexity index is 434. The van der Waals surface area contributed by atoms with Crippen molar-refractivity contribution in [3.8, 4) is 0 Å². The summed E-state index contributed by atoms with van der Waals surface area (Å²) in [7, 11) is 0. The molecule has 0 saturated carbocycles. The summed E-state index contributed by atoms with van der Waals surface area (Å²) in [5.41, 5.74) is 6.24. The highest BCUT2D eigenvalue weighted by Gasteiger charge is 2.05. The standard InChI is InChI=1S/C6H5N5O/c7-5(12)6-8-1-4-3(10-6)2-9-11-4/h1-2H,(H2,7,12)(H,9,11). The number of hydrogen-bond acceptors (Lipinski definition) is 4. The van der Waals surface area contributed by atoms with E-state index in [2.05, 4.69) is 20.2 Å². The Labute approximate surface area is 66.8 Å². The number of nitrogens with zero attached hydrogens (tertiary/aromatic N) is 3. The first-order valence-corrected chi connectivity index (χ1v) is 3.23. The predicted molar refractivity (Wildman–Crippen MR) is 40.2 cm³/mol. The topological polar surface area (TPSA) is 97.6 Å². The number of aromatic amines is 1. The lowest BCUT2D eigenvalue weighted by Crippen LogP contribution is -2.14. The highest BCUT2D eigenvalue weighted by molar-refractivity contribution is 5.90. The van der Waals surface area contributed by atoms with E-state index in [1.807, 2.05) is 0 Å². The van der Waals surface area contributed by atoms with Crippen LogP contribution in [-0.2, 0) is 0 Å². The number of primary amides is 1. The molecule has 1 amide bonds. The quantitative estimate of drug-likeness (QED) is 0.589. The second-order valence-electron chi connectivity index (χ2n) is 2.23. The van der Waals surface area contributed by atoms with E-state index in [1.54, 1.807) is 0 Å². The van der Waals surface area contributed by atoms with E-state index in [1.165, 1.54) is 12.4 Å². The number of nitrogens with one attached hydrogen (secondary N) is 1. The SMILES string of the molecule is NC(=O)c1ncc2[nH]ncc2n1. The van der Waals surface area contributed by atoms with Crippen LogP contribution in [0.3, 0.4) is 0 Å². The van der Waals surface area contributed by atoms with Gasteiger partial charge in [0.2, 0.25) is 5.82 Å². The van der Waals surface area contributed by atoms with E-state index in [0.717, 1.165) is 0 Å². The molecule has 0 spiro atoms. The van der Waals surface area contributed by atoms with Crippen LogP contribution in [0.2, 0.25) is 0 Å². The van der Waals surface area contributed by atoms with Crippen molar-refractivity contribution in [1.29, 1.82) is 0 Å².